The van der Waals surface area contributed by atoms with Crippen molar-refractivity contribution >= 4 is 11.6 Å². The Morgan fingerprint density at radius 3 is 2.30 bits per heavy atom. The van der Waals surface area contributed by atoms with E-state index < -0.39 is 0 Å². The Bertz CT molecular complexity index is 453. The van der Waals surface area contributed by atoms with Crippen LogP contribution in [0.2, 0.25) is 0 Å². The van der Waals surface area contributed by atoms with Crippen molar-refractivity contribution in [2.45, 2.75) is 46.5 Å². The molecule has 0 radical (unpaired) electrons. The van der Waals surface area contributed by atoms with Crippen LogP contribution < -0.4 is 5.32 Å². The van der Waals surface area contributed by atoms with Gasteiger partial charge in [-0.15, -0.1) is 0 Å². The first-order valence-electron chi connectivity index (χ1n) is 7.67. The van der Waals surface area contributed by atoms with Crippen molar-refractivity contribution in [1.29, 1.82) is 0 Å². The van der Waals surface area contributed by atoms with Gasteiger partial charge < -0.3 is 10.2 Å². The average molecular weight is 274 g/mol. The lowest BCUT2D eigenvalue weighted by Crippen LogP contribution is -2.36. The van der Waals surface area contributed by atoms with E-state index in [0.717, 1.165) is 32.5 Å². The van der Waals surface area contributed by atoms with Crippen molar-refractivity contribution in [3.8, 4) is 0 Å². The summed E-state index contributed by atoms with van der Waals surface area (Å²) in [4.78, 5) is 14.1. The van der Waals surface area contributed by atoms with E-state index in [1.807, 2.05) is 4.90 Å². The van der Waals surface area contributed by atoms with Gasteiger partial charge in [0.25, 0.3) is 0 Å². The molecule has 1 aromatic carbocycles. The number of hydrogen-bond donors (Lipinski definition) is 1. The van der Waals surface area contributed by atoms with Crippen LogP contribution in [0.25, 0.3) is 0 Å². The summed E-state index contributed by atoms with van der Waals surface area (Å²) in [6.07, 6.45) is 4.18. The maximum Gasteiger partial charge on any atom is 0.224 e. The first-order chi connectivity index (χ1) is 9.58. The molecule has 1 amide bonds. The van der Waals surface area contributed by atoms with Crippen LogP contribution in [-0.2, 0) is 4.79 Å². The summed E-state index contributed by atoms with van der Waals surface area (Å²) in [7, 11) is 0. The van der Waals surface area contributed by atoms with Gasteiger partial charge in [0.15, 0.2) is 0 Å². The molecule has 0 unspecified atom stereocenters. The first kappa shape index (κ1) is 14.9. The van der Waals surface area contributed by atoms with E-state index >= 15 is 0 Å². The fourth-order valence-electron chi connectivity index (χ4n) is 3.05. The molecule has 1 aromatic rings. The van der Waals surface area contributed by atoms with Crippen LogP contribution in [0, 0.1) is 20.8 Å². The van der Waals surface area contributed by atoms with E-state index in [4.69, 9.17) is 0 Å². The van der Waals surface area contributed by atoms with E-state index in [9.17, 15) is 4.79 Å². The lowest BCUT2D eigenvalue weighted by Gasteiger charge is -2.27. The number of nitrogens with one attached hydrogen (secondary N) is 1. The maximum absolute atomic E-state index is 12.1. The number of carbonyl (C=O) groups excluding carboxylic acids is 1. The molecular formula is C17H26N2O. The molecule has 1 fully saturated rings. The number of anilines is 1. The minimum atomic E-state index is 0.291. The number of carbonyl (C=O) groups is 1. The standard InChI is InChI=1S/C17H26N2O/c1-13-11-14(2)17(15(3)12-13)18-8-7-16(20)19-9-5-4-6-10-19/h11-12,18H,4-10H2,1-3H3. The van der Waals surface area contributed by atoms with Gasteiger partial charge in [0, 0.05) is 31.7 Å². The second-order valence-electron chi connectivity index (χ2n) is 5.89. The second-order valence-corrected chi connectivity index (χ2v) is 5.89. The molecule has 0 saturated carbocycles. The summed E-state index contributed by atoms with van der Waals surface area (Å²) in [6, 6.07) is 4.36. The number of benzene rings is 1. The van der Waals surface area contributed by atoms with Gasteiger partial charge in [0.2, 0.25) is 5.91 Å². The third kappa shape index (κ3) is 3.75. The molecule has 1 aliphatic rings. The zero-order valence-corrected chi connectivity index (χ0v) is 13.0. The zero-order valence-electron chi connectivity index (χ0n) is 13.0. The summed E-state index contributed by atoms with van der Waals surface area (Å²) in [5, 5.41) is 3.43. The molecule has 0 aromatic heterocycles. The highest BCUT2D eigenvalue weighted by molar-refractivity contribution is 5.77. The average Bonchev–Trinajstić information content (AvgIpc) is 2.42. The van der Waals surface area contributed by atoms with Crippen molar-refractivity contribution in [2.75, 3.05) is 25.0 Å². The van der Waals surface area contributed by atoms with Crippen molar-refractivity contribution in [2.24, 2.45) is 0 Å². The zero-order chi connectivity index (χ0) is 14.5. The maximum atomic E-state index is 12.1. The van der Waals surface area contributed by atoms with E-state index in [2.05, 4.69) is 38.2 Å². The molecule has 0 spiro atoms. The fraction of sp³-hybridized carbons (Fsp3) is 0.588. The SMILES string of the molecule is Cc1cc(C)c(NCCC(=O)N2CCCCC2)c(C)c1. The number of likely N-dealkylation sites (tertiary alicyclic amines) is 1. The third-order valence-electron chi connectivity index (χ3n) is 4.03. The second kappa shape index (κ2) is 6.78. The Labute approximate surface area is 122 Å². The molecular weight excluding hydrogens is 248 g/mol. The van der Waals surface area contributed by atoms with Crippen LogP contribution in [-0.4, -0.2) is 30.4 Å². The van der Waals surface area contributed by atoms with Crippen LogP contribution in [0.15, 0.2) is 12.1 Å². The lowest BCUT2D eigenvalue weighted by molar-refractivity contribution is -0.131. The molecule has 0 aliphatic carbocycles. The van der Waals surface area contributed by atoms with E-state index in [1.54, 1.807) is 0 Å². The van der Waals surface area contributed by atoms with Crippen LogP contribution in [0.1, 0.15) is 42.4 Å². The molecule has 110 valence electrons. The fourth-order valence-corrected chi connectivity index (χ4v) is 3.05. The molecule has 2 rings (SSSR count). The molecule has 3 nitrogen and oxygen atoms in total. The summed E-state index contributed by atoms with van der Waals surface area (Å²) in [6.45, 7) is 8.97. The van der Waals surface area contributed by atoms with E-state index in [-0.39, 0.29) is 0 Å². The smallest absolute Gasteiger partial charge is 0.224 e. The van der Waals surface area contributed by atoms with Crippen LogP contribution >= 0.6 is 0 Å². The van der Waals surface area contributed by atoms with Gasteiger partial charge in [-0.05, 0) is 51.2 Å². The van der Waals surface area contributed by atoms with Crippen molar-refractivity contribution < 1.29 is 4.79 Å². The van der Waals surface area contributed by atoms with Crippen LogP contribution in [0.3, 0.4) is 0 Å². The first-order valence-corrected chi connectivity index (χ1v) is 7.67. The van der Waals surface area contributed by atoms with Crippen molar-refractivity contribution in [1.82, 2.24) is 4.90 Å². The minimum absolute atomic E-state index is 0.291. The Morgan fingerprint density at radius 2 is 1.70 bits per heavy atom. The predicted molar refractivity (Wildman–Crippen MR) is 84.2 cm³/mol. The Hall–Kier alpha value is -1.51. The quantitative estimate of drug-likeness (QED) is 0.912. The van der Waals surface area contributed by atoms with Gasteiger partial charge in [0.05, 0.1) is 0 Å². The highest BCUT2D eigenvalue weighted by Crippen LogP contribution is 2.21. The summed E-state index contributed by atoms with van der Waals surface area (Å²) in [5.41, 5.74) is 4.98. The summed E-state index contributed by atoms with van der Waals surface area (Å²) < 4.78 is 0. The Morgan fingerprint density at radius 1 is 1.10 bits per heavy atom. The predicted octanol–water partition coefficient (Wildman–Crippen LogP) is 3.43. The van der Waals surface area contributed by atoms with Crippen LogP contribution in [0.4, 0.5) is 5.69 Å². The van der Waals surface area contributed by atoms with E-state index in [0.29, 0.717) is 12.3 Å². The van der Waals surface area contributed by atoms with Gasteiger partial charge in [0.1, 0.15) is 0 Å². The van der Waals surface area contributed by atoms with Gasteiger partial charge >= 0.3 is 0 Å². The number of hydrogen-bond acceptors (Lipinski definition) is 2. The van der Waals surface area contributed by atoms with Crippen molar-refractivity contribution in [3.05, 3.63) is 28.8 Å². The highest BCUT2D eigenvalue weighted by Gasteiger charge is 2.15. The topological polar surface area (TPSA) is 32.3 Å². The molecule has 1 heterocycles. The minimum Gasteiger partial charge on any atom is -0.384 e. The molecule has 1 aliphatic heterocycles. The highest BCUT2D eigenvalue weighted by atomic mass is 16.2. The molecule has 1 saturated heterocycles. The number of amides is 1. The van der Waals surface area contributed by atoms with Gasteiger partial charge in [-0.25, -0.2) is 0 Å². The molecule has 0 atom stereocenters. The van der Waals surface area contributed by atoms with Gasteiger partial charge in [-0.3, -0.25) is 4.79 Å². The largest absolute Gasteiger partial charge is 0.384 e. The third-order valence-corrected chi connectivity index (χ3v) is 4.03. The Balaban J connectivity index is 1.85. The van der Waals surface area contributed by atoms with Crippen LogP contribution in [0.5, 0.6) is 0 Å². The number of rotatable bonds is 4. The number of nitrogens with zero attached hydrogens (tertiary/aromatic N) is 1. The van der Waals surface area contributed by atoms with E-state index in [1.165, 1.54) is 28.8 Å². The summed E-state index contributed by atoms with van der Waals surface area (Å²) >= 11 is 0. The number of piperidine rings is 1. The number of aryl methyl sites for hydroxylation is 3. The Kier molecular flexibility index (Phi) is 5.05. The molecule has 3 heteroatoms. The van der Waals surface area contributed by atoms with Gasteiger partial charge in [-0.2, -0.15) is 0 Å². The molecule has 0 bridgehead atoms. The monoisotopic (exact) mass is 274 g/mol. The van der Waals surface area contributed by atoms with Crippen molar-refractivity contribution in [3.63, 3.8) is 0 Å². The molecule has 20 heavy (non-hydrogen) atoms. The summed E-state index contributed by atoms with van der Waals surface area (Å²) in [5.74, 6) is 0.291. The van der Waals surface area contributed by atoms with Gasteiger partial charge in [-0.1, -0.05) is 17.7 Å². The normalized spacial score (nSPS) is 15.2. The lowest BCUT2D eigenvalue weighted by atomic mass is 10.1. The molecule has 1 N–H and O–H groups in total.